The molecular weight excluding hydrogens is 174 g/mol. The Balaban J connectivity index is 2.99. The lowest BCUT2D eigenvalue weighted by molar-refractivity contribution is -0.118. The van der Waals surface area contributed by atoms with Crippen molar-refractivity contribution in [1.29, 1.82) is 0 Å². The van der Waals surface area contributed by atoms with E-state index in [-0.39, 0.29) is 5.78 Å². The van der Waals surface area contributed by atoms with Crippen LogP contribution in [0.4, 0.5) is 0 Å². The molecule has 0 radical (unpaired) electrons. The van der Waals surface area contributed by atoms with Gasteiger partial charge in [-0.3, -0.25) is 4.79 Å². The predicted molar refractivity (Wildman–Crippen MR) is 58.1 cm³/mol. The van der Waals surface area contributed by atoms with E-state index in [2.05, 4.69) is 19.9 Å². The summed E-state index contributed by atoms with van der Waals surface area (Å²) in [5.74, 6) is 0.472. The molecule has 14 heavy (non-hydrogen) atoms. The van der Waals surface area contributed by atoms with Gasteiger partial charge in [0.1, 0.15) is 0 Å². The Labute approximate surface area is 85.1 Å². The van der Waals surface area contributed by atoms with E-state index >= 15 is 0 Å². The maximum atomic E-state index is 11.1. The highest BCUT2D eigenvalue weighted by atomic mass is 16.1. The van der Waals surface area contributed by atoms with Gasteiger partial charge in [-0.15, -0.1) is 0 Å². The predicted octanol–water partition coefficient (Wildman–Crippen LogP) is 2.40. The van der Waals surface area contributed by atoms with Crippen LogP contribution in [-0.4, -0.2) is 5.78 Å². The van der Waals surface area contributed by atoms with Crippen LogP contribution in [0, 0.1) is 0 Å². The second kappa shape index (κ2) is 4.38. The molecular formula is C12H17NO. The van der Waals surface area contributed by atoms with Crippen LogP contribution < -0.4 is 5.73 Å². The number of carbonyl (C=O) groups is 1. The van der Waals surface area contributed by atoms with E-state index in [0.717, 1.165) is 5.56 Å². The maximum Gasteiger partial charge on any atom is 0.150 e. The Bertz CT molecular complexity index is 331. The Morgan fingerprint density at radius 1 is 1.29 bits per heavy atom. The molecule has 0 aliphatic carbocycles. The SMILES string of the molecule is CC(=O)C(N)c1cccc(C(C)C)c1. The van der Waals surface area contributed by atoms with Gasteiger partial charge in [0, 0.05) is 0 Å². The van der Waals surface area contributed by atoms with Crippen molar-refractivity contribution in [1.82, 2.24) is 0 Å². The summed E-state index contributed by atoms with van der Waals surface area (Å²) in [4.78, 5) is 11.1. The first kappa shape index (κ1) is 10.9. The Morgan fingerprint density at radius 2 is 1.86 bits per heavy atom. The van der Waals surface area contributed by atoms with Crippen LogP contribution in [0.15, 0.2) is 24.3 Å². The third kappa shape index (κ3) is 2.42. The van der Waals surface area contributed by atoms with Gasteiger partial charge < -0.3 is 5.73 Å². The molecule has 2 heteroatoms. The van der Waals surface area contributed by atoms with E-state index in [0.29, 0.717) is 5.92 Å². The van der Waals surface area contributed by atoms with Crippen LogP contribution in [0.25, 0.3) is 0 Å². The topological polar surface area (TPSA) is 43.1 Å². The van der Waals surface area contributed by atoms with Gasteiger partial charge in [-0.2, -0.15) is 0 Å². The monoisotopic (exact) mass is 191 g/mol. The average molecular weight is 191 g/mol. The summed E-state index contributed by atoms with van der Waals surface area (Å²) in [5.41, 5.74) is 7.88. The lowest BCUT2D eigenvalue weighted by Crippen LogP contribution is -2.18. The van der Waals surface area contributed by atoms with Crippen LogP contribution in [0.5, 0.6) is 0 Å². The first-order valence-corrected chi connectivity index (χ1v) is 4.88. The number of benzene rings is 1. The summed E-state index contributed by atoms with van der Waals surface area (Å²) in [7, 11) is 0. The van der Waals surface area contributed by atoms with Crippen LogP contribution in [0.1, 0.15) is 43.9 Å². The molecule has 0 amide bonds. The van der Waals surface area contributed by atoms with Crippen molar-refractivity contribution in [2.75, 3.05) is 0 Å². The number of rotatable bonds is 3. The lowest BCUT2D eigenvalue weighted by atomic mass is 9.97. The molecule has 1 aromatic carbocycles. The molecule has 0 saturated carbocycles. The van der Waals surface area contributed by atoms with Gasteiger partial charge in [-0.1, -0.05) is 38.1 Å². The molecule has 0 bridgehead atoms. The third-order valence-electron chi connectivity index (χ3n) is 2.37. The van der Waals surface area contributed by atoms with Crippen LogP contribution in [0.3, 0.4) is 0 Å². The van der Waals surface area contributed by atoms with Gasteiger partial charge in [-0.25, -0.2) is 0 Å². The molecule has 0 aromatic heterocycles. The zero-order chi connectivity index (χ0) is 10.7. The molecule has 1 aromatic rings. The largest absolute Gasteiger partial charge is 0.318 e. The van der Waals surface area contributed by atoms with Crippen LogP contribution in [-0.2, 0) is 4.79 Å². The average Bonchev–Trinajstić information content (AvgIpc) is 2.16. The van der Waals surface area contributed by atoms with Crippen molar-refractivity contribution in [2.24, 2.45) is 5.73 Å². The summed E-state index contributed by atoms with van der Waals surface area (Å²) in [6.07, 6.45) is 0. The normalized spacial score (nSPS) is 12.9. The fourth-order valence-electron chi connectivity index (χ4n) is 1.35. The first-order chi connectivity index (χ1) is 6.52. The van der Waals surface area contributed by atoms with E-state index in [1.54, 1.807) is 0 Å². The Kier molecular flexibility index (Phi) is 3.42. The summed E-state index contributed by atoms with van der Waals surface area (Å²) < 4.78 is 0. The third-order valence-corrected chi connectivity index (χ3v) is 2.37. The molecule has 0 aliphatic rings. The standard InChI is InChI=1S/C12H17NO/c1-8(2)10-5-4-6-11(7-10)12(13)9(3)14/h4-8,12H,13H2,1-3H3. The minimum Gasteiger partial charge on any atom is -0.318 e. The van der Waals surface area contributed by atoms with E-state index in [9.17, 15) is 4.79 Å². The molecule has 0 saturated heterocycles. The number of ketones is 1. The molecule has 1 rings (SSSR count). The van der Waals surface area contributed by atoms with Gasteiger partial charge in [0.25, 0.3) is 0 Å². The zero-order valence-electron chi connectivity index (χ0n) is 8.95. The minimum atomic E-state index is -0.478. The molecule has 2 nitrogen and oxygen atoms in total. The summed E-state index contributed by atoms with van der Waals surface area (Å²) in [6, 6.07) is 7.44. The Morgan fingerprint density at radius 3 is 2.36 bits per heavy atom. The highest BCUT2D eigenvalue weighted by Crippen LogP contribution is 2.19. The highest BCUT2D eigenvalue weighted by Gasteiger charge is 2.11. The van der Waals surface area contributed by atoms with Gasteiger partial charge in [0.2, 0.25) is 0 Å². The van der Waals surface area contributed by atoms with Crippen LogP contribution in [0.2, 0.25) is 0 Å². The molecule has 2 N–H and O–H groups in total. The van der Waals surface area contributed by atoms with Gasteiger partial charge >= 0.3 is 0 Å². The first-order valence-electron chi connectivity index (χ1n) is 4.88. The summed E-state index contributed by atoms with van der Waals surface area (Å²) >= 11 is 0. The number of hydrogen-bond acceptors (Lipinski definition) is 2. The maximum absolute atomic E-state index is 11.1. The van der Waals surface area contributed by atoms with Crippen molar-refractivity contribution in [3.63, 3.8) is 0 Å². The number of carbonyl (C=O) groups excluding carboxylic acids is 1. The van der Waals surface area contributed by atoms with E-state index in [1.165, 1.54) is 12.5 Å². The number of nitrogens with two attached hydrogens (primary N) is 1. The van der Waals surface area contributed by atoms with E-state index in [1.807, 2.05) is 18.2 Å². The second-order valence-electron chi connectivity index (χ2n) is 3.91. The molecule has 1 unspecified atom stereocenters. The summed E-state index contributed by atoms with van der Waals surface area (Å²) in [6.45, 7) is 5.77. The van der Waals surface area contributed by atoms with Crippen molar-refractivity contribution in [2.45, 2.75) is 32.7 Å². The number of Topliss-reactive ketones (excluding diaryl/α,β-unsaturated/α-hetero) is 1. The van der Waals surface area contributed by atoms with Crippen molar-refractivity contribution >= 4 is 5.78 Å². The van der Waals surface area contributed by atoms with Crippen LogP contribution >= 0.6 is 0 Å². The second-order valence-corrected chi connectivity index (χ2v) is 3.91. The molecule has 0 spiro atoms. The number of hydrogen-bond donors (Lipinski definition) is 1. The van der Waals surface area contributed by atoms with Crippen molar-refractivity contribution < 1.29 is 4.79 Å². The van der Waals surface area contributed by atoms with Gasteiger partial charge in [0.05, 0.1) is 6.04 Å². The molecule has 0 aliphatic heterocycles. The van der Waals surface area contributed by atoms with E-state index in [4.69, 9.17) is 5.73 Å². The van der Waals surface area contributed by atoms with Crippen molar-refractivity contribution in [3.8, 4) is 0 Å². The van der Waals surface area contributed by atoms with Gasteiger partial charge in [0.15, 0.2) is 5.78 Å². The quantitative estimate of drug-likeness (QED) is 0.797. The van der Waals surface area contributed by atoms with Gasteiger partial charge in [-0.05, 0) is 24.0 Å². The molecule has 0 fully saturated rings. The molecule has 1 atom stereocenters. The van der Waals surface area contributed by atoms with Crippen molar-refractivity contribution in [3.05, 3.63) is 35.4 Å². The highest BCUT2D eigenvalue weighted by molar-refractivity contribution is 5.82. The fraction of sp³-hybridized carbons (Fsp3) is 0.417. The smallest absolute Gasteiger partial charge is 0.150 e. The lowest BCUT2D eigenvalue weighted by Gasteiger charge is -2.11. The minimum absolute atomic E-state index is 0.00547. The molecule has 0 heterocycles. The van der Waals surface area contributed by atoms with E-state index < -0.39 is 6.04 Å². The fourth-order valence-corrected chi connectivity index (χ4v) is 1.35. The Hall–Kier alpha value is -1.15. The molecule has 76 valence electrons. The zero-order valence-corrected chi connectivity index (χ0v) is 8.95. The summed E-state index contributed by atoms with van der Waals surface area (Å²) in [5, 5.41) is 0.